The summed E-state index contributed by atoms with van der Waals surface area (Å²) < 4.78 is 15.1. The maximum absolute atomic E-state index is 13.2. The van der Waals surface area contributed by atoms with Gasteiger partial charge in [0, 0.05) is 37.2 Å². The quantitative estimate of drug-likeness (QED) is 0.938. The molecule has 1 aliphatic rings. The molecule has 0 spiro atoms. The van der Waals surface area contributed by atoms with Crippen molar-refractivity contribution in [3.63, 3.8) is 0 Å². The number of hydrogen-bond donors (Lipinski definition) is 1. The summed E-state index contributed by atoms with van der Waals surface area (Å²) in [4.78, 5) is 14.4. The van der Waals surface area contributed by atoms with Crippen LogP contribution in [-0.4, -0.2) is 33.3 Å². The van der Waals surface area contributed by atoms with Gasteiger partial charge in [0.1, 0.15) is 5.82 Å². The van der Waals surface area contributed by atoms with Gasteiger partial charge in [-0.05, 0) is 49.9 Å². The van der Waals surface area contributed by atoms with E-state index in [0.29, 0.717) is 5.69 Å². The van der Waals surface area contributed by atoms with Gasteiger partial charge < -0.3 is 10.2 Å². The number of carbonyl (C=O) groups excluding carboxylic acids is 1. The van der Waals surface area contributed by atoms with E-state index in [1.165, 1.54) is 12.1 Å². The molecule has 0 aliphatic carbocycles. The lowest BCUT2D eigenvalue weighted by molar-refractivity contribution is 0.154. The van der Waals surface area contributed by atoms with E-state index in [1.54, 1.807) is 18.3 Å². The van der Waals surface area contributed by atoms with Gasteiger partial charge in [0.05, 0.1) is 0 Å². The van der Waals surface area contributed by atoms with Crippen LogP contribution in [0.2, 0.25) is 0 Å². The molecule has 1 saturated heterocycles. The highest BCUT2D eigenvalue weighted by atomic mass is 19.1. The lowest BCUT2D eigenvalue weighted by Crippen LogP contribution is -2.46. The van der Waals surface area contributed by atoms with Crippen molar-refractivity contribution in [3.05, 3.63) is 48.5 Å². The molecule has 5 nitrogen and oxygen atoms in total. The van der Waals surface area contributed by atoms with Crippen LogP contribution in [-0.2, 0) is 6.54 Å². The van der Waals surface area contributed by atoms with Crippen LogP contribution in [0.5, 0.6) is 0 Å². The molecule has 1 fully saturated rings. The fourth-order valence-electron chi connectivity index (χ4n) is 3.04. The second-order valence-corrected chi connectivity index (χ2v) is 5.84. The molecule has 122 valence electrons. The molecule has 0 saturated carbocycles. The Hall–Kier alpha value is -2.37. The van der Waals surface area contributed by atoms with E-state index in [9.17, 15) is 9.18 Å². The van der Waals surface area contributed by atoms with Crippen LogP contribution < -0.4 is 5.32 Å². The van der Waals surface area contributed by atoms with E-state index in [1.807, 2.05) is 21.8 Å². The molecule has 0 radical (unpaired) electrons. The monoisotopic (exact) mass is 316 g/mol. The second kappa shape index (κ2) is 7.26. The average molecular weight is 316 g/mol. The number of anilines is 1. The van der Waals surface area contributed by atoms with Gasteiger partial charge >= 0.3 is 6.03 Å². The summed E-state index contributed by atoms with van der Waals surface area (Å²) in [6, 6.07) is 7.93. The van der Waals surface area contributed by atoms with Gasteiger partial charge in [-0.1, -0.05) is 6.07 Å². The molecular formula is C17H21FN4O. The molecule has 1 atom stereocenters. The number of urea groups is 1. The summed E-state index contributed by atoms with van der Waals surface area (Å²) in [5, 5.41) is 7.00. The molecule has 2 heterocycles. The van der Waals surface area contributed by atoms with Crippen molar-refractivity contribution in [2.45, 2.75) is 38.3 Å². The number of rotatable bonds is 4. The summed E-state index contributed by atoms with van der Waals surface area (Å²) in [5.74, 6) is -0.350. The number of hydrogen-bond acceptors (Lipinski definition) is 2. The Kier molecular flexibility index (Phi) is 4.90. The highest BCUT2D eigenvalue weighted by molar-refractivity contribution is 5.89. The van der Waals surface area contributed by atoms with Crippen LogP contribution >= 0.6 is 0 Å². The summed E-state index contributed by atoms with van der Waals surface area (Å²) >= 11 is 0. The molecule has 2 aromatic rings. The van der Waals surface area contributed by atoms with Crippen LogP contribution in [0.4, 0.5) is 14.9 Å². The first-order valence-corrected chi connectivity index (χ1v) is 8.03. The number of aromatic nitrogens is 2. The van der Waals surface area contributed by atoms with E-state index >= 15 is 0 Å². The number of aryl methyl sites for hydroxylation is 1. The number of carbonyl (C=O) groups is 1. The fourth-order valence-corrected chi connectivity index (χ4v) is 3.04. The largest absolute Gasteiger partial charge is 0.322 e. The maximum atomic E-state index is 13.2. The van der Waals surface area contributed by atoms with Gasteiger partial charge in [-0.15, -0.1) is 0 Å². The highest BCUT2D eigenvalue weighted by Crippen LogP contribution is 2.21. The highest BCUT2D eigenvalue weighted by Gasteiger charge is 2.26. The smallest absolute Gasteiger partial charge is 0.321 e. The molecular weight excluding hydrogens is 295 g/mol. The average Bonchev–Trinajstić information content (AvgIpc) is 3.06. The van der Waals surface area contributed by atoms with Gasteiger partial charge in [0.2, 0.25) is 0 Å². The van der Waals surface area contributed by atoms with Gasteiger partial charge in [0.25, 0.3) is 0 Å². The zero-order chi connectivity index (χ0) is 16.1. The molecule has 0 bridgehead atoms. The third-order valence-corrected chi connectivity index (χ3v) is 4.21. The Labute approximate surface area is 135 Å². The van der Waals surface area contributed by atoms with Crippen LogP contribution in [0.15, 0.2) is 42.7 Å². The molecule has 1 aromatic heterocycles. The van der Waals surface area contributed by atoms with Gasteiger partial charge in [-0.3, -0.25) is 4.68 Å². The van der Waals surface area contributed by atoms with E-state index < -0.39 is 0 Å². The van der Waals surface area contributed by atoms with Gasteiger partial charge in [-0.2, -0.15) is 5.10 Å². The first-order chi connectivity index (χ1) is 11.2. The molecule has 1 N–H and O–H groups in total. The molecule has 6 heteroatoms. The standard InChI is InChI=1S/C17H21FN4O/c18-14-5-3-6-15(13-14)20-17(23)22-11-2-1-7-16(22)8-12-21-10-4-9-19-21/h3-6,9-10,13,16H,1-2,7-8,11-12H2,(H,20,23)/t16-/m0/s1. The van der Waals surface area contributed by atoms with Crippen LogP contribution in [0, 0.1) is 5.82 Å². The van der Waals surface area contributed by atoms with Crippen LogP contribution in [0.1, 0.15) is 25.7 Å². The number of benzene rings is 1. The maximum Gasteiger partial charge on any atom is 0.322 e. The van der Waals surface area contributed by atoms with Crippen LogP contribution in [0.3, 0.4) is 0 Å². The zero-order valence-electron chi connectivity index (χ0n) is 13.0. The lowest BCUT2D eigenvalue weighted by atomic mass is 10.00. The van der Waals surface area contributed by atoms with E-state index in [-0.39, 0.29) is 17.9 Å². The molecule has 0 unspecified atom stereocenters. The minimum Gasteiger partial charge on any atom is -0.321 e. The van der Waals surface area contributed by atoms with Crippen LogP contribution in [0.25, 0.3) is 0 Å². The van der Waals surface area contributed by atoms with Crippen molar-refractivity contribution in [1.82, 2.24) is 14.7 Å². The van der Waals surface area contributed by atoms with E-state index in [2.05, 4.69) is 10.4 Å². The predicted molar refractivity (Wildman–Crippen MR) is 86.6 cm³/mol. The van der Waals surface area contributed by atoms with Gasteiger partial charge in [0.15, 0.2) is 0 Å². The normalized spacial score (nSPS) is 18.0. The Bertz CT molecular complexity index is 644. The van der Waals surface area contributed by atoms with E-state index in [4.69, 9.17) is 0 Å². The number of amides is 2. The number of nitrogens with one attached hydrogen (secondary N) is 1. The Morgan fingerprint density at radius 3 is 3.04 bits per heavy atom. The Morgan fingerprint density at radius 2 is 2.26 bits per heavy atom. The van der Waals surface area contributed by atoms with Crippen molar-refractivity contribution >= 4 is 11.7 Å². The first-order valence-electron chi connectivity index (χ1n) is 8.03. The molecule has 2 amide bonds. The molecule has 1 aromatic carbocycles. The number of halogens is 1. The minimum absolute atomic E-state index is 0.152. The summed E-state index contributed by atoms with van der Waals surface area (Å²) in [5.41, 5.74) is 0.492. The zero-order valence-corrected chi connectivity index (χ0v) is 13.0. The SMILES string of the molecule is O=C(Nc1cccc(F)c1)N1CCCC[C@H]1CCn1cccn1. The number of piperidine rings is 1. The minimum atomic E-state index is -0.350. The predicted octanol–water partition coefficient (Wildman–Crippen LogP) is 3.50. The summed E-state index contributed by atoms with van der Waals surface area (Å²) in [6.45, 7) is 1.53. The topological polar surface area (TPSA) is 50.2 Å². The second-order valence-electron chi connectivity index (χ2n) is 5.84. The molecule has 1 aliphatic heterocycles. The summed E-state index contributed by atoms with van der Waals surface area (Å²) in [7, 11) is 0. The third kappa shape index (κ3) is 4.09. The Balaban J connectivity index is 1.61. The Morgan fingerprint density at radius 1 is 1.35 bits per heavy atom. The first kappa shape index (κ1) is 15.5. The van der Waals surface area contributed by atoms with E-state index in [0.717, 1.165) is 38.8 Å². The van der Waals surface area contributed by atoms with Crippen molar-refractivity contribution < 1.29 is 9.18 Å². The van der Waals surface area contributed by atoms with Crippen molar-refractivity contribution in [1.29, 1.82) is 0 Å². The molecule has 23 heavy (non-hydrogen) atoms. The number of nitrogens with zero attached hydrogens (tertiary/aromatic N) is 3. The number of likely N-dealkylation sites (tertiary alicyclic amines) is 1. The summed E-state index contributed by atoms with van der Waals surface area (Å²) in [6.07, 6.45) is 7.70. The fraction of sp³-hybridized carbons (Fsp3) is 0.412. The van der Waals surface area contributed by atoms with Crippen molar-refractivity contribution in [2.24, 2.45) is 0 Å². The van der Waals surface area contributed by atoms with Gasteiger partial charge in [-0.25, -0.2) is 9.18 Å². The third-order valence-electron chi connectivity index (χ3n) is 4.21. The molecule has 3 rings (SSSR count). The lowest BCUT2D eigenvalue weighted by Gasteiger charge is -2.35. The van der Waals surface area contributed by atoms with Crippen molar-refractivity contribution in [3.8, 4) is 0 Å². The van der Waals surface area contributed by atoms with Crippen molar-refractivity contribution in [2.75, 3.05) is 11.9 Å².